The van der Waals surface area contributed by atoms with Gasteiger partial charge in [-0.05, 0) is 43.9 Å². The van der Waals surface area contributed by atoms with E-state index in [4.69, 9.17) is 10.8 Å². The maximum absolute atomic E-state index is 9.09. The summed E-state index contributed by atoms with van der Waals surface area (Å²) in [5.74, 6) is 0. The van der Waals surface area contributed by atoms with Gasteiger partial charge in [-0.1, -0.05) is 18.2 Å². The predicted octanol–water partition coefficient (Wildman–Crippen LogP) is 1.56. The monoisotopic (exact) mass is 193 g/mol. The molecule has 1 unspecified atom stereocenters. The van der Waals surface area contributed by atoms with E-state index >= 15 is 0 Å². The Bertz CT molecular complexity index is 318. The van der Waals surface area contributed by atoms with Gasteiger partial charge < -0.3 is 10.8 Å². The summed E-state index contributed by atoms with van der Waals surface area (Å²) < 4.78 is 0. The Labute approximate surface area is 85.8 Å². The summed E-state index contributed by atoms with van der Waals surface area (Å²) in [5.41, 5.74) is 9.18. The van der Waals surface area contributed by atoms with Crippen LogP contribution < -0.4 is 5.73 Å². The van der Waals surface area contributed by atoms with E-state index in [1.165, 1.54) is 16.7 Å². The molecule has 14 heavy (non-hydrogen) atoms. The Balaban J connectivity index is 2.92. The first-order valence-corrected chi connectivity index (χ1v) is 4.91. The summed E-state index contributed by atoms with van der Waals surface area (Å²) in [6, 6.07) is 6.19. The van der Waals surface area contributed by atoms with Crippen LogP contribution in [0, 0.1) is 13.8 Å². The summed E-state index contributed by atoms with van der Waals surface area (Å²) in [5, 5.41) is 9.09. The molecule has 0 aromatic heterocycles. The average molecular weight is 193 g/mol. The van der Waals surface area contributed by atoms with Gasteiger partial charge in [0.05, 0.1) is 6.61 Å². The minimum absolute atomic E-state index is 0.0143. The summed E-state index contributed by atoms with van der Waals surface area (Å²) >= 11 is 0. The number of nitrogens with two attached hydrogens (primary N) is 1. The van der Waals surface area contributed by atoms with E-state index in [1.807, 2.05) is 13.0 Å². The number of aliphatic hydroxyl groups is 1. The molecule has 1 atom stereocenters. The van der Waals surface area contributed by atoms with Crippen LogP contribution in [0.25, 0.3) is 0 Å². The molecule has 1 rings (SSSR count). The van der Waals surface area contributed by atoms with Crippen LogP contribution in [-0.4, -0.2) is 17.3 Å². The third-order valence-electron chi connectivity index (χ3n) is 2.67. The van der Waals surface area contributed by atoms with Crippen molar-refractivity contribution in [1.29, 1.82) is 0 Å². The van der Waals surface area contributed by atoms with Crippen molar-refractivity contribution >= 4 is 0 Å². The van der Waals surface area contributed by atoms with Gasteiger partial charge >= 0.3 is 0 Å². The molecular weight excluding hydrogens is 174 g/mol. The number of hydrogen-bond acceptors (Lipinski definition) is 2. The van der Waals surface area contributed by atoms with Crippen molar-refractivity contribution in [3.63, 3.8) is 0 Å². The number of aryl methyl sites for hydroxylation is 1. The smallest absolute Gasteiger partial charge is 0.0611 e. The van der Waals surface area contributed by atoms with Crippen LogP contribution in [0.15, 0.2) is 18.2 Å². The van der Waals surface area contributed by atoms with E-state index in [1.54, 1.807) is 0 Å². The molecule has 2 heteroatoms. The van der Waals surface area contributed by atoms with E-state index in [9.17, 15) is 0 Å². The minimum Gasteiger partial charge on any atom is -0.394 e. The summed E-state index contributed by atoms with van der Waals surface area (Å²) in [6.07, 6.45) is 0.719. The molecule has 0 bridgehead atoms. The van der Waals surface area contributed by atoms with Crippen LogP contribution in [-0.2, 0) is 6.42 Å². The first-order valence-electron chi connectivity index (χ1n) is 4.91. The Morgan fingerprint density at radius 2 is 2.00 bits per heavy atom. The molecule has 0 saturated heterocycles. The van der Waals surface area contributed by atoms with Crippen molar-refractivity contribution in [2.75, 3.05) is 6.61 Å². The maximum Gasteiger partial charge on any atom is 0.0611 e. The Morgan fingerprint density at radius 1 is 1.36 bits per heavy atom. The Hall–Kier alpha value is -0.860. The van der Waals surface area contributed by atoms with Gasteiger partial charge in [0.15, 0.2) is 0 Å². The van der Waals surface area contributed by atoms with Crippen LogP contribution >= 0.6 is 0 Å². The SMILES string of the molecule is Cc1cccc(CC(C)(N)CO)c1C. The number of hydrogen-bond donors (Lipinski definition) is 2. The molecule has 1 aromatic carbocycles. The highest BCUT2D eigenvalue weighted by Crippen LogP contribution is 2.17. The van der Waals surface area contributed by atoms with Gasteiger partial charge in [-0.15, -0.1) is 0 Å². The second-order valence-corrected chi connectivity index (χ2v) is 4.35. The molecule has 2 nitrogen and oxygen atoms in total. The molecular formula is C12H19NO. The third kappa shape index (κ3) is 2.56. The molecule has 0 radical (unpaired) electrons. The highest BCUT2D eigenvalue weighted by Gasteiger charge is 2.18. The molecule has 0 spiro atoms. The van der Waals surface area contributed by atoms with Gasteiger partial charge in [0.25, 0.3) is 0 Å². The lowest BCUT2D eigenvalue weighted by atomic mass is 9.91. The lowest BCUT2D eigenvalue weighted by molar-refractivity contribution is 0.208. The van der Waals surface area contributed by atoms with Crippen LogP contribution in [0.1, 0.15) is 23.6 Å². The van der Waals surface area contributed by atoms with Crippen molar-refractivity contribution in [2.24, 2.45) is 5.73 Å². The Morgan fingerprint density at radius 3 is 2.57 bits per heavy atom. The zero-order valence-electron chi connectivity index (χ0n) is 9.17. The van der Waals surface area contributed by atoms with Gasteiger partial charge in [-0.2, -0.15) is 0 Å². The molecule has 0 aliphatic carbocycles. The van der Waals surface area contributed by atoms with Gasteiger partial charge in [0.2, 0.25) is 0 Å². The van der Waals surface area contributed by atoms with E-state index in [0.29, 0.717) is 0 Å². The molecule has 1 aromatic rings. The van der Waals surface area contributed by atoms with E-state index < -0.39 is 5.54 Å². The van der Waals surface area contributed by atoms with Gasteiger partial charge in [-0.3, -0.25) is 0 Å². The lowest BCUT2D eigenvalue weighted by Gasteiger charge is -2.23. The maximum atomic E-state index is 9.09. The van der Waals surface area contributed by atoms with Gasteiger partial charge in [0, 0.05) is 5.54 Å². The summed E-state index contributed by atoms with van der Waals surface area (Å²) in [7, 11) is 0. The second kappa shape index (κ2) is 4.11. The first-order chi connectivity index (χ1) is 6.46. The molecule has 0 saturated carbocycles. The molecule has 3 N–H and O–H groups in total. The average Bonchev–Trinajstić information content (AvgIpc) is 2.13. The quantitative estimate of drug-likeness (QED) is 0.765. The van der Waals surface area contributed by atoms with Crippen molar-refractivity contribution in [2.45, 2.75) is 32.7 Å². The fraction of sp³-hybridized carbons (Fsp3) is 0.500. The molecule has 0 aliphatic rings. The highest BCUT2D eigenvalue weighted by atomic mass is 16.3. The minimum atomic E-state index is -0.515. The zero-order chi connectivity index (χ0) is 10.8. The van der Waals surface area contributed by atoms with Crippen LogP contribution in [0.2, 0.25) is 0 Å². The normalized spacial score (nSPS) is 15.2. The van der Waals surface area contributed by atoms with Crippen LogP contribution in [0.3, 0.4) is 0 Å². The van der Waals surface area contributed by atoms with E-state index in [0.717, 1.165) is 6.42 Å². The van der Waals surface area contributed by atoms with E-state index in [-0.39, 0.29) is 6.61 Å². The third-order valence-corrected chi connectivity index (χ3v) is 2.67. The summed E-state index contributed by atoms with van der Waals surface area (Å²) in [6.45, 7) is 6.07. The molecule has 0 fully saturated rings. The molecule has 0 amide bonds. The Kier molecular flexibility index (Phi) is 3.29. The largest absolute Gasteiger partial charge is 0.394 e. The molecule has 0 aliphatic heterocycles. The second-order valence-electron chi connectivity index (χ2n) is 4.35. The van der Waals surface area contributed by atoms with E-state index in [2.05, 4.69) is 26.0 Å². The molecule has 78 valence electrons. The topological polar surface area (TPSA) is 46.2 Å². The highest BCUT2D eigenvalue weighted by molar-refractivity contribution is 5.34. The lowest BCUT2D eigenvalue weighted by Crippen LogP contribution is -2.42. The fourth-order valence-corrected chi connectivity index (χ4v) is 1.49. The molecule has 0 heterocycles. The van der Waals surface area contributed by atoms with Crippen LogP contribution in [0.5, 0.6) is 0 Å². The first kappa shape index (κ1) is 11.2. The number of aliphatic hydroxyl groups excluding tert-OH is 1. The van der Waals surface area contributed by atoms with Crippen molar-refractivity contribution in [3.05, 3.63) is 34.9 Å². The standard InChI is InChI=1S/C12H19NO/c1-9-5-4-6-11(10(9)2)7-12(3,13)8-14/h4-6,14H,7-8,13H2,1-3H3. The van der Waals surface area contributed by atoms with Gasteiger partial charge in [0.1, 0.15) is 0 Å². The number of benzene rings is 1. The van der Waals surface area contributed by atoms with Gasteiger partial charge in [-0.25, -0.2) is 0 Å². The van der Waals surface area contributed by atoms with Crippen molar-refractivity contribution < 1.29 is 5.11 Å². The zero-order valence-corrected chi connectivity index (χ0v) is 9.17. The summed E-state index contributed by atoms with van der Waals surface area (Å²) in [4.78, 5) is 0. The number of rotatable bonds is 3. The van der Waals surface area contributed by atoms with Crippen LogP contribution in [0.4, 0.5) is 0 Å². The van der Waals surface area contributed by atoms with Crippen molar-refractivity contribution in [1.82, 2.24) is 0 Å². The predicted molar refractivity (Wildman–Crippen MR) is 59.3 cm³/mol. The van der Waals surface area contributed by atoms with Crippen molar-refractivity contribution in [3.8, 4) is 0 Å². The fourth-order valence-electron chi connectivity index (χ4n) is 1.49.